The van der Waals surface area contributed by atoms with Gasteiger partial charge < -0.3 is 37.2 Å². The molecule has 1 saturated heterocycles. The van der Waals surface area contributed by atoms with Gasteiger partial charge in [0.05, 0.1) is 47.0 Å². The standard InChI is InChI=1S/C46H63N4O9PSi/c1-32(2)50(33(3)4)60(56-30-16-28-47)58-41-39(57-43(42(41)59-61(11,12)45(5,6)7)49-29-27-40(51)48-44(49)54-10)31-55-46(34-17-14-13-15-18-34,35-19-23-37(52-8)24-20-35)36-21-25-38(53-9)26-22-36/h13-15,17-27,29,32-33,39,41-43H,16,30-31H2,1-12H3/t39-,41-,42-,43-,60?/m1/s1. The Balaban J connectivity index is 1.74. The third kappa shape index (κ3) is 10.9. The molecule has 5 rings (SSSR count). The number of methoxy groups -OCH3 is 3. The van der Waals surface area contributed by atoms with Crippen LogP contribution >= 0.6 is 8.53 Å². The molecule has 1 fully saturated rings. The molecule has 5 atom stereocenters. The average molecular weight is 875 g/mol. The lowest BCUT2D eigenvalue weighted by Crippen LogP contribution is -2.50. The molecule has 1 unspecified atom stereocenters. The monoisotopic (exact) mass is 874 g/mol. The van der Waals surface area contributed by atoms with Gasteiger partial charge in [0, 0.05) is 24.3 Å². The Morgan fingerprint density at radius 1 is 0.836 bits per heavy atom. The zero-order valence-electron chi connectivity index (χ0n) is 37.7. The van der Waals surface area contributed by atoms with Crippen LogP contribution in [0.25, 0.3) is 0 Å². The molecule has 61 heavy (non-hydrogen) atoms. The number of aromatic nitrogens is 2. The van der Waals surface area contributed by atoms with E-state index in [1.807, 2.05) is 78.9 Å². The molecular weight excluding hydrogens is 812 g/mol. The average Bonchev–Trinajstić information content (AvgIpc) is 3.55. The van der Waals surface area contributed by atoms with Gasteiger partial charge in [-0.1, -0.05) is 75.4 Å². The fourth-order valence-electron chi connectivity index (χ4n) is 7.26. The third-order valence-electron chi connectivity index (χ3n) is 11.3. The number of nitriles is 1. The van der Waals surface area contributed by atoms with Gasteiger partial charge in [-0.15, -0.1) is 0 Å². The fourth-order valence-corrected chi connectivity index (χ4v) is 10.3. The molecular formula is C46H63N4O9PSi. The predicted molar refractivity (Wildman–Crippen MR) is 239 cm³/mol. The largest absolute Gasteiger partial charge is 0.497 e. The van der Waals surface area contributed by atoms with Gasteiger partial charge in [0.15, 0.2) is 14.5 Å². The highest BCUT2D eigenvalue weighted by atomic mass is 31.2. The van der Waals surface area contributed by atoms with Crippen molar-refractivity contribution in [3.05, 3.63) is 118 Å². The van der Waals surface area contributed by atoms with Crippen molar-refractivity contribution in [2.24, 2.45) is 0 Å². The lowest BCUT2D eigenvalue weighted by Gasteiger charge is -2.42. The van der Waals surface area contributed by atoms with Crippen LogP contribution in [0, 0.1) is 11.3 Å². The molecule has 4 aromatic rings. The van der Waals surface area contributed by atoms with Crippen molar-refractivity contribution in [3.63, 3.8) is 0 Å². The van der Waals surface area contributed by atoms with Crippen molar-refractivity contribution in [2.75, 3.05) is 34.5 Å². The Labute approximate surface area is 363 Å². The molecule has 0 radical (unpaired) electrons. The molecule has 2 heterocycles. The van der Waals surface area contributed by atoms with Gasteiger partial charge >= 0.3 is 6.01 Å². The number of hydrogen-bond donors (Lipinski definition) is 0. The summed E-state index contributed by atoms with van der Waals surface area (Å²) in [6, 6.07) is 29.5. The zero-order valence-corrected chi connectivity index (χ0v) is 39.6. The van der Waals surface area contributed by atoms with Gasteiger partial charge in [-0.3, -0.25) is 9.36 Å². The van der Waals surface area contributed by atoms with E-state index < -0.39 is 52.5 Å². The molecule has 13 nitrogen and oxygen atoms in total. The van der Waals surface area contributed by atoms with Crippen molar-refractivity contribution < 1.29 is 37.2 Å². The van der Waals surface area contributed by atoms with Crippen LogP contribution in [0.1, 0.15) is 77.8 Å². The van der Waals surface area contributed by atoms with Crippen LogP contribution in [0.4, 0.5) is 0 Å². The SMILES string of the molecule is COc1ccc(C(OC[C@H]2O[C@@H](n3ccc(=O)nc3OC)[C@H](O[Si](C)(C)C(C)(C)C)[C@@H]2OP(OCCC#N)N(C(C)C)C(C)C)(c2ccccc2)c2ccc(OC)cc2)cc1. The molecule has 0 amide bonds. The van der Waals surface area contributed by atoms with Gasteiger partial charge in [0.2, 0.25) is 0 Å². The Hall–Kier alpha value is -4.16. The lowest BCUT2D eigenvalue weighted by molar-refractivity contribution is -0.0948. The van der Waals surface area contributed by atoms with E-state index in [0.717, 1.165) is 16.7 Å². The van der Waals surface area contributed by atoms with E-state index in [0.29, 0.717) is 11.5 Å². The highest BCUT2D eigenvalue weighted by Crippen LogP contribution is 2.53. The molecule has 0 aliphatic carbocycles. The first-order valence-electron chi connectivity index (χ1n) is 20.7. The predicted octanol–water partition coefficient (Wildman–Crippen LogP) is 9.23. The highest BCUT2D eigenvalue weighted by molar-refractivity contribution is 7.44. The second-order valence-corrected chi connectivity index (χ2v) is 23.2. The summed E-state index contributed by atoms with van der Waals surface area (Å²) < 4.78 is 56.6. The zero-order chi connectivity index (χ0) is 44.5. The molecule has 0 N–H and O–H groups in total. The van der Waals surface area contributed by atoms with E-state index >= 15 is 0 Å². The van der Waals surface area contributed by atoms with E-state index in [1.54, 1.807) is 25.0 Å². The lowest BCUT2D eigenvalue weighted by atomic mass is 9.80. The van der Waals surface area contributed by atoms with Gasteiger partial charge in [0.25, 0.3) is 14.1 Å². The van der Waals surface area contributed by atoms with E-state index in [-0.39, 0.29) is 42.8 Å². The van der Waals surface area contributed by atoms with Crippen molar-refractivity contribution in [3.8, 4) is 23.6 Å². The maximum Gasteiger partial charge on any atom is 0.301 e. The third-order valence-corrected chi connectivity index (χ3v) is 17.9. The van der Waals surface area contributed by atoms with Gasteiger partial charge in [-0.2, -0.15) is 10.2 Å². The van der Waals surface area contributed by atoms with Crippen molar-refractivity contribution in [2.45, 2.75) is 115 Å². The minimum Gasteiger partial charge on any atom is -0.497 e. The summed E-state index contributed by atoms with van der Waals surface area (Å²) in [5.41, 5.74) is 0.959. The Bertz CT molecular complexity index is 2030. The van der Waals surface area contributed by atoms with E-state index in [9.17, 15) is 10.1 Å². The number of hydrogen-bond acceptors (Lipinski definition) is 12. The van der Waals surface area contributed by atoms with E-state index in [1.165, 1.54) is 13.2 Å². The van der Waals surface area contributed by atoms with Crippen LogP contribution in [0.2, 0.25) is 18.1 Å². The fraction of sp³-hybridized carbons (Fsp3) is 0.500. The summed E-state index contributed by atoms with van der Waals surface area (Å²) in [6.07, 6.45) is -1.40. The van der Waals surface area contributed by atoms with Crippen molar-refractivity contribution in [1.82, 2.24) is 14.2 Å². The van der Waals surface area contributed by atoms with E-state index in [2.05, 4.69) is 77.3 Å². The topological polar surface area (TPSA) is 136 Å². The van der Waals surface area contributed by atoms with Crippen molar-refractivity contribution in [1.29, 1.82) is 5.26 Å². The summed E-state index contributed by atoms with van der Waals surface area (Å²) in [7, 11) is 0.367. The molecule has 0 saturated carbocycles. The van der Waals surface area contributed by atoms with Gasteiger partial charge in [0.1, 0.15) is 35.4 Å². The van der Waals surface area contributed by atoms with Crippen LogP contribution in [-0.2, 0) is 28.5 Å². The maximum absolute atomic E-state index is 12.6. The molecule has 0 bridgehead atoms. The van der Waals surface area contributed by atoms with Crippen LogP contribution in [0.15, 0.2) is 95.9 Å². The first-order valence-corrected chi connectivity index (χ1v) is 24.7. The summed E-state index contributed by atoms with van der Waals surface area (Å²) >= 11 is 0. The smallest absolute Gasteiger partial charge is 0.301 e. The number of rotatable bonds is 20. The molecule has 1 aliphatic heterocycles. The number of benzene rings is 3. The molecule has 15 heteroatoms. The van der Waals surface area contributed by atoms with Crippen LogP contribution in [0.5, 0.6) is 17.5 Å². The van der Waals surface area contributed by atoms with Crippen LogP contribution in [0.3, 0.4) is 0 Å². The normalized spacial score (nSPS) is 19.0. The number of nitrogens with zero attached hydrogens (tertiary/aromatic N) is 4. The summed E-state index contributed by atoms with van der Waals surface area (Å²) in [5, 5.41) is 9.33. The molecule has 1 aliphatic rings. The van der Waals surface area contributed by atoms with Crippen LogP contribution < -0.4 is 19.8 Å². The molecule has 0 spiro atoms. The second-order valence-electron chi connectivity index (χ2n) is 17.0. The Morgan fingerprint density at radius 3 is 1.89 bits per heavy atom. The summed E-state index contributed by atoms with van der Waals surface area (Å²) in [6.45, 7) is 19.5. The first-order chi connectivity index (χ1) is 29.0. The maximum atomic E-state index is 12.6. The minimum absolute atomic E-state index is 0.00610. The van der Waals surface area contributed by atoms with Crippen molar-refractivity contribution >= 4 is 16.8 Å². The van der Waals surface area contributed by atoms with Gasteiger partial charge in [-0.05, 0) is 86.8 Å². The van der Waals surface area contributed by atoms with Crippen LogP contribution in [-0.4, -0.2) is 87.5 Å². The Morgan fingerprint density at radius 2 is 1.39 bits per heavy atom. The molecule has 1 aromatic heterocycles. The molecule has 3 aromatic carbocycles. The first kappa shape index (κ1) is 47.9. The number of ether oxygens (including phenoxy) is 5. The van der Waals surface area contributed by atoms with E-state index in [4.69, 9.17) is 37.2 Å². The Kier molecular flexibility index (Phi) is 16.3. The summed E-state index contributed by atoms with van der Waals surface area (Å²) in [5.74, 6) is 1.41. The second kappa shape index (κ2) is 20.8. The summed E-state index contributed by atoms with van der Waals surface area (Å²) in [4.78, 5) is 16.8. The molecule has 330 valence electrons. The van der Waals surface area contributed by atoms with Gasteiger partial charge in [-0.25, -0.2) is 4.67 Å². The quantitative estimate of drug-likeness (QED) is 0.0363. The highest BCUT2D eigenvalue weighted by Gasteiger charge is 2.54. The minimum atomic E-state index is -2.59.